The van der Waals surface area contributed by atoms with E-state index in [0.29, 0.717) is 5.56 Å². The zero-order chi connectivity index (χ0) is 14.5. The molecule has 2 rings (SSSR count). The van der Waals surface area contributed by atoms with E-state index >= 15 is 0 Å². The van der Waals surface area contributed by atoms with Gasteiger partial charge in [-0.05, 0) is 42.7 Å². The van der Waals surface area contributed by atoms with E-state index in [2.05, 4.69) is 5.10 Å². The average Bonchev–Trinajstić information content (AvgIpc) is 2.89. The van der Waals surface area contributed by atoms with Crippen molar-refractivity contribution in [1.82, 2.24) is 9.78 Å². The van der Waals surface area contributed by atoms with Gasteiger partial charge in [0.15, 0.2) is 5.78 Å². The molecular formula is C15H16N2O2S. The zero-order valence-corrected chi connectivity index (χ0v) is 12.5. The molecule has 2 aromatic rings. The second-order valence-corrected chi connectivity index (χ2v) is 5.00. The third-order valence-corrected chi connectivity index (χ3v) is 3.71. The Bertz CT molecular complexity index is 647. The maximum Gasteiger partial charge on any atom is 0.186 e. The molecule has 4 nitrogen and oxygen atoms in total. The van der Waals surface area contributed by atoms with Crippen LogP contribution < -0.4 is 4.74 Å². The highest BCUT2D eigenvalue weighted by Crippen LogP contribution is 2.28. The molecule has 1 aromatic carbocycles. The lowest BCUT2D eigenvalue weighted by Crippen LogP contribution is -1.97. The van der Waals surface area contributed by atoms with E-state index in [9.17, 15) is 4.79 Å². The van der Waals surface area contributed by atoms with E-state index in [4.69, 9.17) is 4.74 Å². The molecule has 0 saturated heterocycles. The van der Waals surface area contributed by atoms with Gasteiger partial charge in [-0.1, -0.05) is 0 Å². The van der Waals surface area contributed by atoms with Crippen LogP contribution in [0.2, 0.25) is 0 Å². The Morgan fingerprint density at radius 1 is 1.40 bits per heavy atom. The van der Waals surface area contributed by atoms with Gasteiger partial charge in [-0.25, -0.2) is 0 Å². The van der Waals surface area contributed by atoms with Gasteiger partial charge in [-0.3, -0.25) is 9.48 Å². The molecule has 0 atom stereocenters. The van der Waals surface area contributed by atoms with Crippen molar-refractivity contribution in [3.8, 4) is 5.75 Å². The molecule has 0 amide bonds. The van der Waals surface area contributed by atoms with E-state index < -0.39 is 0 Å². The van der Waals surface area contributed by atoms with Gasteiger partial charge in [-0.15, -0.1) is 11.8 Å². The third-order valence-electron chi connectivity index (χ3n) is 2.93. The second-order valence-electron chi connectivity index (χ2n) is 4.15. The van der Waals surface area contributed by atoms with Gasteiger partial charge in [0.2, 0.25) is 0 Å². The largest absolute Gasteiger partial charge is 0.496 e. The van der Waals surface area contributed by atoms with Crippen LogP contribution >= 0.6 is 11.8 Å². The summed E-state index contributed by atoms with van der Waals surface area (Å²) >= 11 is 1.59. The Hall–Kier alpha value is -2.01. The lowest BCUT2D eigenvalue weighted by Gasteiger charge is -2.07. The fourth-order valence-corrected chi connectivity index (χ4v) is 2.34. The SMILES string of the molecule is COc1cc(C(=O)/C=C/c2ccnn2C)ccc1SC. The van der Waals surface area contributed by atoms with Gasteiger partial charge in [0.25, 0.3) is 0 Å². The first-order chi connectivity index (χ1) is 9.65. The number of ether oxygens (including phenoxy) is 1. The normalized spacial score (nSPS) is 10.9. The van der Waals surface area contributed by atoms with Crippen LogP contribution in [0.5, 0.6) is 5.75 Å². The molecule has 20 heavy (non-hydrogen) atoms. The first-order valence-corrected chi connectivity index (χ1v) is 7.30. The summed E-state index contributed by atoms with van der Waals surface area (Å²) in [5.74, 6) is 0.662. The number of benzene rings is 1. The number of thioether (sulfide) groups is 1. The summed E-state index contributed by atoms with van der Waals surface area (Å²) in [4.78, 5) is 13.2. The minimum absolute atomic E-state index is 0.0582. The second kappa shape index (κ2) is 6.43. The van der Waals surface area contributed by atoms with Crippen LogP contribution in [0.15, 0.2) is 41.4 Å². The Morgan fingerprint density at radius 3 is 2.80 bits per heavy atom. The molecule has 0 bridgehead atoms. The summed E-state index contributed by atoms with van der Waals surface area (Å²) in [7, 11) is 3.44. The van der Waals surface area contributed by atoms with Crippen molar-refractivity contribution in [3.63, 3.8) is 0 Å². The maximum atomic E-state index is 12.1. The van der Waals surface area contributed by atoms with Crippen molar-refractivity contribution < 1.29 is 9.53 Å². The van der Waals surface area contributed by atoms with E-state index in [1.807, 2.05) is 31.5 Å². The topological polar surface area (TPSA) is 44.1 Å². The molecule has 0 spiro atoms. The number of allylic oxidation sites excluding steroid dienone is 1. The number of hydrogen-bond donors (Lipinski definition) is 0. The molecule has 0 fully saturated rings. The molecule has 0 aliphatic heterocycles. The highest BCUT2D eigenvalue weighted by atomic mass is 32.2. The molecule has 0 N–H and O–H groups in total. The molecule has 104 valence electrons. The van der Waals surface area contributed by atoms with Crippen LogP contribution in [0.1, 0.15) is 16.1 Å². The van der Waals surface area contributed by atoms with Crippen LogP contribution in [0.25, 0.3) is 6.08 Å². The Kier molecular flexibility index (Phi) is 4.63. The number of ketones is 1. The van der Waals surface area contributed by atoms with Gasteiger partial charge in [0.05, 0.1) is 12.8 Å². The van der Waals surface area contributed by atoms with Crippen LogP contribution in [0, 0.1) is 0 Å². The number of rotatable bonds is 5. The fourth-order valence-electron chi connectivity index (χ4n) is 1.79. The molecule has 5 heteroatoms. The molecule has 0 radical (unpaired) electrons. The van der Waals surface area contributed by atoms with Crippen molar-refractivity contribution in [2.24, 2.45) is 7.05 Å². The first kappa shape index (κ1) is 14.4. The quantitative estimate of drug-likeness (QED) is 0.482. The van der Waals surface area contributed by atoms with Crippen LogP contribution in [0.4, 0.5) is 0 Å². The highest BCUT2D eigenvalue weighted by Gasteiger charge is 2.07. The van der Waals surface area contributed by atoms with Gasteiger partial charge in [0, 0.05) is 23.7 Å². The third kappa shape index (κ3) is 3.11. The Labute approximate surface area is 122 Å². The number of aryl methyl sites for hydroxylation is 1. The molecule has 0 saturated carbocycles. The Balaban J connectivity index is 2.21. The van der Waals surface area contributed by atoms with Crippen molar-refractivity contribution in [2.75, 3.05) is 13.4 Å². The summed E-state index contributed by atoms with van der Waals surface area (Å²) in [6.45, 7) is 0. The van der Waals surface area contributed by atoms with Crippen molar-refractivity contribution >= 4 is 23.6 Å². The summed E-state index contributed by atoms with van der Waals surface area (Å²) < 4.78 is 6.99. The predicted octanol–water partition coefficient (Wildman–Crippen LogP) is 3.05. The molecular weight excluding hydrogens is 272 g/mol. The van der Waals surface area contributed by atoms with Gasteiger partial charge < -0.3 is 4.74 Å². The first-order valence-electron chi connectivity index (χ1n) is 6.08. The molecule has 0 unspecified atom stereocenters. The van der Waals surface area contributed by atoms with E-state index in [1.54, 1.807) is 48.0 Å². The minimum atomic E-state index is -0.0582. The standard InChI is InChI=1S/C15H16N2O2S/c1-17-12(8-9-16-17)5-6-13(18)11-4-7-15(20-3)14(10-11)19-2/h4-10H,1-3H3/b6-5+. The zero-order valence-electron chi connectivity index (χ0n) is 11.7. The smallest absolute Gasteiger partial charge is 0.186 e. The summed E-state index contributed by atoms with van der Waals surface area (Å²) in [5.41, 5.74) is 1.49. The average molecular weight is 288 g/mol. The molecule has 0 aliphatic rings. The summed E-state index contributed by atoms with van der Waals surface area (Å²) in [6, 6.07) is 7.32. The molecule has 1 heterocycles. The van der Waals surface area contributed by atoms with Gasteiger partial charge in [-0.2, -0.15) is 5.10 Å². The molecule has 1 aromatic heterocycles. The van der Waals surface area contributed by atoms with Crippen molar-refractivity contribution in [2.45, 2.75) is 4.90 Å². The number of nitrogens with zero attached hydrogens (tertiary/aromatic N) is 2. The maximum absolute atomic E-state index is 12.1. The number of carbonyl (C=O) groups is 1. The Morgan fingerprint density at radius 2 is 2.20 bits per heavy atom. The van der Waals surface area contributed by atoms with E-state index in [-0.39, 0.29) is 5.78 Å². The van der Waals surface area contributed by atoms with Gasteiger partial charge in [0.1, 0.15) is 5.75 Å². The number of aromatic nitrogens is 2. The monoisotopic (exact) mass is 288 g/mol. The van der Waals surface area contributed by atoms with E-state index in [0.717, 1.165) is 16.3 Å². The lowest BCUT2D eigenvalue weighted by molar-refractivity contribution is 0.104. The fraction of sp³-hybridized carbons (Fsp3) is 0.200. The van der Waals surface area contributed by atoms with E-state index in [1.165, 1.54) is 0 Å². The number of carbonyl (C=O) groups excluding carboxylic acids is 1. The lowest BCUT2D eigenvalue weighted by atomic mass is 10.1. The van der Waals surface area contributed by atoms with Gasteiger partial charge >= 0.3 is 0 Å². The minimum Gasteiger partial charge on any atom is -0.496 e. The summed E-state index contributed by atoms with van der Waals surface area (Å²) in [6.07, 6.45) is 6.97. The van der Waals surface area contributed by atoms with Crippen LogP contribution in [-0.4, -0.2) is 28.9 Å². The van der Waals surface area contributed by atoms with Crippen LogP contribution in [-0.2, 0) is 7.05 Å². The number of hydrogen-bond acceptors (Lipinski definition) is 4. The van der Waals surface area contributed by atoms with Crippen molar-refractivity contribution in [1.29, 1.82) is 0 Å². The van der Waals surface area contributed by atoms with Crippen LogP contribution in [0.3, 0.4) is 0 Å². The highest BCUT2D eigenvalue weighted by molar-refractivity contribution is 7.98. The summed E-state index contributed by atoms with van der Waals surface area (Å²) in [5, 5.41) is 4.05. The predicted molar refractivity (Wildman–Crippen MR) is 81.3 cm³/mol. The molecule has 0 aliphatic carbocycles. The van der Waals surface area contributed by atoms with Crippen molar-refractivity contribution in [3.05, 3.63) is 47.8 Å². The number of methoxy groups -OCH3 is 1.